The van der Waals surface area contributed by atoms with E-state index < -0.39 is 22.3 Å². The van der Waals surface area contributed by atoms with E-state index in [-0.39, 0.29) is 28.3 Å². The van der Waals surface area contributed by atoms with E-state index in [2.05, 4.69) is 10.5 Å². The number of phenols is 3. The number of phenolic OH excluding ortho intramolecular Hbond substituents is 3. The number of nitro benzene ring substituents is 1. The van der Waals surface area contributed by atoms with Gasteiger partial charge in [0, 0.05) is 17.7 Å². The van der Waals surface area contributed by atoms with Gasteiger partial charge in [0.2, 0.25) is 0 Å². The van der Waals surface area contributed by atoms with Crippen LogP contribution in [-0.4, -0.2) is 39.5 Å². The van der Waals surface area contributed by atoms with Gasteiger partial charge >= 0.3 is 0 Å². The average Bonchev–Trinajstić information content (AvgIpc) is 2.55. The molecule has 0 aliphatic carbocycles. The fourth-order valence-corrected chi connectivity index (χ4v) is 1.91. The van der Waals surface area contributed by atoms with Crippen LogP contribution in [0.3, 0.4) is 0 Å². The Morgan fingerprint density at radius 3 is 2.60 bits per heavy atom. The van der Waals surface area contributed by atoms with Gasteiger partial charge < -0.3 is 20.1 Å². The van der Waals surface area contributed by atoms with E-state index in [0.29, 0.717) is 0 Å². The zero-order valence-electron chi connectivity index (χ0n) is 12.8. The van der Waals surface area contributed by atoms with Crippen molar-refractivity contribution in [1.82, 2.24) is 5.43 Å². The number of nitrogens with one attached hydrogen (secondary N) is 1. The zero-order chi connectivity index (χ0) is 18.6. The summed E-state index contributed by atoms with van der Waals surface area (Å²) >= 11 is 0. The van der Waals surface area contributed by atoms with Gasteiger partial charge in [-0.05, 0) is 12.1 Å². The van der Waals surface area contributed by atoms with E-state index in [1.165, 1.54) is 19.2 Å². The molecular weight excluding hydrogens is 334 g/mol. The summed E-state index contributed by atoms with van der Waals surface area (Å²) in [5, 5.41) is 43.1. The molecular formula is C15H13N3O7. The van der Waals surface area contributed by atoms with E-state index >= 15 is 0 Å². The molecule has 2 aromatic carbocycles. The second kappa shape index (κ2) is 7.17. The number of nitro groups is 1. The van der Waals surface area contributed by atoms with Gasteiger partial charge in [0.25, 0.3) is 11.6 Å². The molecule has 0 aliphatic heterocycles. The first-order valence-corrected chi connectivity index (χ1v) is 6.74. The second-order valence-corrected chi connectivity index (χ2v) is 4.74. The number of hydrogen-bond donors (Lipinski definition) is 4. The number of carbonyl (C=O) groups is 1. The largest absolute Gasteiger partial charge is 0.508 e. The van der Waals surface area contributed by atoms with Gasteiger partial charge in [0.05, 0.1) is 29.9 Å². The van der Waals surface area contributed by atoms with Crippen molar-refractivity contribution < 1.29 is 29.8 Å². The smallest absolute Gasteiger partial charge is 0.275 e. The molecule has 0 aromatic heterocycles. The van der Waals surface area contributed by atoms with Crippen LogP contribution in [0.5, 0.6) is 23.0 Å². The number of hydrazone groups is 1. The fourth-order valence-electron chi connectivity index (χ4n) is 1.91. The summed E-state index contributed by atoms with van der Waals surface area (Å²) in [6, 6.07) is 5.46. The number of carbonyl (C=O) groups excluding carboxylic acids is 1. The number of nitrogens with zero attached hydrogens (tertiary/aromatic N) is 2. The lowest BCUT2D eigenvalue weighted by Gasteiger charge is -2.06. The highest BCUT2D eigenvalue weighted by atomic mass is 16.6. The quantitative estimate of drug-likeness (QED) is 0.363. The van der Waals surface area contributed by atoms with E-state index in [0.717, 1.165) is 24.4 Å². The summed E-state index contributed by atoms with van der Waals surface area (Å²) in [6.45, 7) is 0. The van der Waals surface area contributed by atoms with Gasteiger partial charge in [-0.3, -0.25) is 14.9 Å². The van der Waals surface area contributed by atoms with Crippen molar-refractivity contribution in [2.75, 3.05) is 7.11 Å². The fraction of sp³-hybridized carbons (Fsp3) is 0.0667. The molecule has 0 fully saturated rings. The zero-order valence-corrected chi connectivity index (χ0v) is 12.8. The van der Waals surface area contributed by atoms with Crippen LogP contribution in [0.25, 0.3) is 0 Å². The summed E-state index contributed by atoms with van der Waals surface area (Å²) in [5.74, 6) is -1.97. The molecule has 0 bridgehead atoms. The molecule has 25 heavy (non-hydrogen) atoms. The van der Waals surface area contributed by atoms with Crippen LogP contribution >= 0.6 is 0 Å². The molecule has 0 spiro atoms. The third-order valence-corrected chi connectivity index (χ3v) is 3.12. The van der Waals surface area contributed by atoms with E-state index in [1.54, 1.807) is 0 Å². The number of aromatic hydroxyl groups is 3. The SMILES string of the molecule is COc1cc([N+](=O)[O-])cc(/C=N/NC(=O)c2ccc(O)cc2O)c1O. The van der Waals surface area contributed by atoms with Crippen LogP contribution in [-0.2, 0) is 0 Å². The van der Waals surface area contributed by atoms with E-state index in [1.807, 2.05) is 0 Å². The Morgan fingerprint density at radius 2 is 2.00 bits per heavy atom. The monoisotopic (exact) mass is 347 g/mol. The maximum Gasteiger partial charge on any atom is 0.275 e. The normalized spacial score (nSPS) is 10.6. The molecule has 1 amide bonds. The standard InChI is InChI=1S/C15H13N3O7/c1-25-13-5-9(18(23)24)4-8(14(13)21)7-16-17-15(22)11-3-2-10(19)6-12(11)20/h2-7,19-21H,1H3,(H,17,22)/b16-7+. The van der Waals surface area contributed by atoms with Crippen LogP contribution in [0.2, 0.25) is 0 Å². The molecule has 2 rings (SSSR count). The highest BCUT2D eigenvalue weighted by Gasteiger charge is 2.16. The number of hydrogen-bond acceptors (Lipinski definition) is 8. The van der Waals surface area contributed by atoms with Crippen LogP contribution in [0.15, 0.2) is 35.4 Å². The van der Waals surface area contributed by atoms with Gasteiger partial charge in [-0.2, -0.15) is 5.10 Å². The Labute approximate surface area is 140 Å². The summed E-state index contributed by atoms with van der Waals surface area (Å²) < 4.78 is 4.84. The first-order chi connectivity index (χ1) is 11.8. The summed E-state index contributed by atoms with van der Waals surface area (Å²) in [4.78, 5) is 22.1. The Balaban J connectivity index is 2.23. The molecule has 4 N–H and O–H groups in total. The maximum atomic E-state index is 11.9. The minimum atomic E-state index is -0.786. The first-order valence-electron chi connectivity index (χ1n) is 6.74. The Bertz CT molecular complexity index is 864. The highest BCUT2D eigenvalue weighted by Crippen LogP contribution is 2.33. The maximum absolute atomic E-state index is 11.9. The van der Waals surface area contributed by atoms with Crippen molar-refractivity contribution >= 4 is 17.8 Å². The van der Waals surface area contributed by atoms with Gasteiger partial charge in [-0.25, -0.2) is 5.43 Å². The third kappa shape index (κ3) is 3.93. The Kier molecular flexibility index (Phi) is 5.03. The molecule has 0 saturated heterocycles. The second-order valence-electron chi connectivity index (χ2n) is 4.74. The minimum absolute atomic E-state index is 0.0544. The van der Waals surface area contributed by atoms with Crippen molar-refractivity contribution in [2.45, 2.75) is 0 Å². The van der Waals surface area contributed by atoms with Crippen molar-refractivity contribution in [2.24, 2.45) is 5.10 Å². The number of amides is 1. The lowest BCUT2D eigenvalue weighted by Crippen LogP contribution is -2.17. The summed E-state index contributed by atoms with van der Waals surface area (Å²) in [5.41, 5.74) is 1.56. The number of rotatable bonds is 5. The summed E-state index contributed by atoms with van der Waals surface area (Å²) in [7, 11) is 1.23. The molecule has 0 unspecified atom stereocenters. The van der Waals surface area contributed by atoms with Gasteiger partial charge in [0.15, 0.2) is 11.5 Å². The molecule has 0 atom stereocenters. The minimum Gasteiger partial charge on any atom is -0.508 e. The Morgan fingerprint density at radius 1 is 1.28 bits per heavy atom. The molecule has 0 radical (unpaired) electrons. The van der Waals surface area contributed by atoms with Crippen LogP contribution in [0, 0.1) is 10.1 Å². The van der Waals surface area contributed by atoms with Crippen LogP contribution in [0.4, 0.5) is 5.69 Å². The van der Waals surface area contributed by atoms with Gasteiger partial charge in [-0.1, -0.05) is 0 Å². The average molecular weight is 347 g/mol. The number of non-ortho nitro benzene ring substituents is 1. The van der Waals surface area contributed by atoms with Gasteiger partial charge in [0.1, 0.15) is 11.5 Å². The number of methoxy groups -OCH3 is 1. The van der Waals surface area contributed by atoms with Crippen LogP contribution < -0.4 is 10.2 Å². The lowest BCUT2D eigenvalue weighted by atomic mass is 10.1. The highest BCUT2D eigenvalue weighted by molar-refractivity contribution is 5.97. The van der Waals surface area contributed by atoms with Crippen molar-refractivity contribution in [1.29, 1.82) is 0 Å². The lowest BCUT2D eigenvalue weighted by molar-refractivity contribution is -0.385. The van der Waals surface area contributed by atoms with Crippen molar-refractivity contribution in [3.8, 4) is 23.0 Å². The molecule has 2 aromatic rings. The summed E-state index contributed by atoms with van der Waals surface area (Å²) in [6.07, 6.45) is 0.986. The number of ether oxygens (including phenoxy) is 1. The topological polar surface area (TPSA) is 155 Å². The molecule has 0 saturated carbocycles. The van der Waals surface area contributed by atoms with Crippen LogP contribution in [0.1, 0.15) is 15.9 Å². The predicted molar refractivity (Wildman–Crippen MR) is 86.1 cm³/mol. The number of benzene rings is 2. The molecule has 10 heteroatoms. The van der Waals surface area contributed by atoms with E-state index in [4.69, 9.17) is 4.74 Å². The molecule has 130 valence electrons. The van der Waals surface area contributed by atoms with Crippen molar-refractivity contribution in [3.63, 3.8) is 0 Å². The van der Waals surface area contributed by atoms with Crippen molar-refractivity contribution in [3.05, 3.63) is 51.6 Å². The Hall–Kier alpha value is -3.82. The molecule has 0 aliphatic rings. The van der Waals surface area contributed by atoms with E-state index in [9.17, 15) is 30.2 Å². The molecule has 10 nitrogen and oxygen atoms in total. The molecule has 0 heterocycles. The first kappa shape index (κ1) is 17.5. The third-order valence-electron chi connectivity index (χ3n) is 3.12. The van der Waals surface area contributed by atoms with Gasteiger partial charge in [-0.15, -0.1) is 0 Å². The predicted octanol–water partition coefficient (Wildman–Crippen LogP) is 1.48.